The number of ether oxygens (including phenoxy) is 1. The SMILES string of the molecule is COc1ccccc1C(=O)N1CCCC(c2nc(-c3ccc(F)cc3)no2)C1. The first kappa shape index (κ1) is 18.2. The van der Waals surface area contributed by atoms with E-state index in [4.69, 9.17) is 9.26 Å². The van der Waals surface area contributed by atoms with E-state index in [1.54, 1.807) is 36.3 Å². The third kappa shape index (κ3) is 3.60. The minimum atomic E-state index is -0.315. The van der Waals surface area contributed by atoms with Gasteiger partial charge in [0, 0.05) is 18.7 Å². The van der Waals surface area contributed by atoms with Gasteiger partial charge in [-0.2, -0.15) is 4.98 Å². The van der Waals surface area contributed by atoms with Crippen LogP contribution in [0.3, 0.4) is 0 Å². The molecule has 1 amide bonds. The number of halogens is 1. The van der Waals surface area contributed by atoms with E-state index in [1.807, 2.05) is 12.1 Å². The Bertz CT molecular complexity index is 971. The number of para-hydroxylation sites is 1. The summed E-state index contributed by atoms with van der Waals surface area (Å²) in [6.07, 6.45) is 1.71. The zero-order valence-electron chi connectivity index (χ0n) is 15.5. The monoisotopic (exact) mass is 381 g/mol. The predicted octanol–water partition coefficient (Wildman–Crippen LogP) is 3.90. The first-order valence-electron chi connectivity index (χ1n) is 9.17. The number of aromatic nitrogens is 2. The van der Waals surface area contributed by atoms with Gasteiger partial charge in [0.25, 0.3) is 5.91 Å². The molecule has 1 aromatic heterocycles. The fraction of sp³-hybridized carbons (Fsp3) is 0.286. The van der Waals surface area contributed by atoms with Crippen LogP contribution in [0.4, 0.5) is 4.39 Å². The van der Waals surface area contributed by atoms with Gasteiger partial charge in [-0.3, -0.25) is 4.79 Å². The van der Waals surface area contributed by atoms with E-state index in [1.165, 1.54) is 12.1 Å². The molecule has 0 spiro atoms. The second kappa shape index (κ2) is 7.80. The number of rotatable bonds is 4. The van der Waals surface area contributed by atoms with E-state index < -0.39 is 0 Å². The molecular formula is C21H20FN3O3. The van der Waals surface area contributed by atoms with Gasteiger partial charge >= 0.3 is 0 Å². The van der Waals surface area contributed by atoms with Gasteiger partial charge in [-0.15, -0.1) is 0 Å². The Kier molecular flexibility index (Phi) is 5.06. The topological polar surface area (TPSA) is 68.5 Å². The van der Waals surface area contributed by atoms with Crippen LogP contribution in [0.15, 0.2) is 53.1 Å². The first-order chi connectivity index (χ1) is 13.7. The van der Waals surface area contributed by atoms with Crippen molar-refractivity contribution in [3.05, 3.63) is 65.8 Å². The highest BCUT2D eigenvalue weighted by atomic mass is 19.1. The van der Waals surface area contributed by atoms with Crippen molar-refractivity contribution in [3.8, 4) is 17.1 Å². The Morgan fingerprint density at radius 3 is 2.79 bits per heavy atom. The molecule has 0 N–H and O–H groups in total. The molecule has 144 valence electrons. The third-order valence-corrected chi connectivity index (χ3v) is 4.94. The van der Waals surface area contributed by atoms with Crippen LogP contribution in [0.5, 0.6) is 5.75 Å². The molecule has 0 aliphatic carbocycles. The molecule has 2 aromatic carbocycles. The fourth-order valence-corrected chi connectivity index (χ4v) is 3.47. The Morgan fingerprint density at radius 2 is 2.00 bits per heavy atom. The van der Waals surface area contributed by atoms with Crippen molar-refractivity contribution in [1.29, 1.82) is 0 Å². The maximum absolute atomic E-state index is 13.1. The molecule has 7 heteroatoms. The average molecular weight is 381 g/mol. The Balaban J connectivity index is 1.51. The van der Waals surface area contributed by atoms with Crippen LogP contribution in [0.2, 0.25) is 0 Å². The summed E-state index contributed by atoms with van der Waals surface area (Å²) in [6.45, 7) is 1.17. The summed E-state index contributed by atoms with van der Waals surface area (Å²) in [4.78, 5) is 19.2. The first-order valence-corrected chi connectivity index (χ1v) is 9.17. The van der Waals surface area contributed by atoms with Crippen LogP contribution < -0.4 is 4.74 Å². The van der Waals surface area contributed by atoms with E-state index >= 15 is 0 Å². The van der Waals surface area contributed by atoms with Crippen molar-refractivity contribution < 1.29 is 18.4 Å². The molecular weight excluding hydrogens is 361 g/mol. The molecule has 28 heavy (non-hydrogen) atoms. The van der Waals surface area contributed by atoms with Crippen LogP contribution in [0.1, 0.15) is 35.0 Å². The van der Waals surface area contributed by atoms with Crippen molar-refractivity contribution in [2.45, 2.75) is 18.8 Å². The molecule has 1 fully saturated rings. The lowest BCUT2D eigenvalue weighted by Crippen LogP contribution is -2.39. The summed E-state index contributed by atoms with van der Waals surface area (Å²) in [5, 5.41) is 4.01. The van der Waals surface area contributed by atoms with Crippen molar-refractivity contribution in [1.82, 2.24) is 15.0 Å². The Morgan fingerprint density at radius 1 is 1.21 bits per heavy atom. The number of methoxy groups -OCH3 is 1. The number of carbonyl (C=O) groups excluding carboxylic acids is 1. The molecule has 1 aliphatic heterocycles. The molecule has 1 saturated heterocycles. The molecule has 6 nitrogen and oxygen atoms in total. The van der Waals surface area contributed by atoms with E-state index in [2.05, 4.69) is 10.1 Å². The van der Waals surface area contributed by atoms with Crippen LogP contribution in [-0.4, -0.2) is 41.1 Å². The zero-order valence-corrected chi connectivity index (χ0v) is 15.5. The molecule has 0 bridgehead atoms. The minimum Gasteiger partial charge on any atom is -0.496 e. The quantitative estimate of drug-likeness (QED) is 0.686. The molecule has 0 radical (unpaired) electrons. The smallest absolute Gasteiger partial charge is 0.257 e. The highest BCUT2D eigenvalue weighted by molar-refractivity contribution is 5.97. The van der Waals surface area contributed by atoms with Crippen molar-refractivity contribution in [2.75, 3.05) is 20.2 Å². The number of hydrogen-bond acceptors (Lipinski definition) is 5. The highest BCUT2D eigenvalue weighted by Crippen LogP contribution is 2.29. The second-order valence-corrected chi connectivity index (χ2v) is 6.75. The van der Waals surface area contributed by atoms with Crippen LogP contribution in [0.25, 0.3) is 11.4 Å². The van der Waals surface area contributed by atoms with Gasteiger partial charge in [-0.05, 0) is 49.2 Å². The average Bonchev–Trinajstić information content (AvgIpc) is 3.24. The summed E-state index contributed by atoms with van der Waals surface area (Å²) in [6, 6.07) is 13.2. The van der Waals surface area contributed by atoms with Gasteiger partial charge in [0.15, 0.2) is 0 Å². The Labute approximate surface area is 161 Å². The summed E-state index contributed by atoms with van der Waals surface area (Å²) in [5.41, 5.74) is 1.23. The third-order valence-electron chi connectivity index (χ3n) is 4.94. The fourth-order valence-electron chi connectivity index (χ4n) is 3.47. The summed E-state index contributed by atoms with van der Waals surface area (Å²) in [5.74, 6) is 1.06. The Hall–Kier alpha value is -3.22. The number of likely N-dealkylation sites (tertiary alicyclic amines) is 1. The summed E-state index contributed by atoms with van der Waals surface area (Å²) < 4.78 is 23.9. The highest BCUT2D eigenvalue weighted by Gasteiger charge is 2.30. The predicted molar refractivity (Wildman–Crippen MR) is 101 cm³/mol. The molecule has 0 saturated carbocycles. The van der Waals surface area contributed by atoms with Gasteiger partial charge in [0.05, 0.1) is 18.6 Å². The van der Waals surface area contributed by atoms with E-state index in [0.29, 0.717) is 41.7 Å². The molecule has 3 aromatic rings. The van der Waals surface area contributed by atoms with Crippen molar-refractivity contribution >= 4 is 5.91 Å². The van der Waals surface area contributed by atoms with Gasteiger partial charge in [-0.25, -0.2) is 4.39 Å². The molecule has 4 rings (SSSR count). The largest absolute Gasteiger partial charge is 0.496 e. The zero-order chi connectivity index (χ0) is 19.5. The van der Waals surface area contributed by atoms with Crippen molar-refractivity contribution in [3.63, 3.8) is 0 Å². The molecule has 1 aliphatic rings. The number of benzene rings is 2. The minimum absolute atomic E-state index is 0.0332. The number of piperidine rings is 1. The van der Waals surface area contributed by atoms with Gasteiger partial charge in [-0.1, -0.05) is 17.3 Å². The van der Waals surface area contributed by atoms with E-state index in [9.17, 15) is 9.18 Å². The normalized spacial score (nSPS) is 16.8. The number of nitrogens with zero attached hydrogens (tertiary/aromatic N) is 3. The van der Waals surface area contributed by atoms with Gasteiger partial charge in [0.2, 0.25) is 11.7 Å². The molecule has 2 heterocycles. The van der Waals surface area contributed by atoms with E-state index in [-0.39, 0.29) is 17.6 Å². The van der Waals surface area contributed by atoms with Crippen LogP contribution >= 0.6 is 0 Å². The maximum Gasteiger partial charge on any atom is 0.257 e. The van der Waals surface area contributed by atoms with Gasteiger partial charge < -0.3 is 14.2 Å². The van der Waals surface area contributed by atoms with Crippen LogP contribution in [-0.2, 0) is 0 Å². The maximum atomic E-state index is 13.1. The molecule has 1 atom stereocenters. The standard InChI is InChI=1S/C21H20FN3O3/c1-27-18-7-3-2-6-17(18)21(26)25-12-4-5-15(13-25)20-23-19(24-28-20)14-8-10-16(22)11-9-14/h2-3,6-11,15H,4-5,12-13H2,1H3. The van der Waals surface area contributed by atoms with Crippen molar-refractivity contribution in [2.24, 2.45) is 0 Å². The number of carbonyl (C=O) groups is 1. The van der Waals surface area contributed by atoms with Crippen LogP contribution in [0, 0.1) is 5.82 Å². The number of hydrogen-bond donors (Lipinski definition) is 0. The molecule has 1 unspecified atom stereocenters. The number of amides is 1. The second-order valence-electron chi connectivity index (χ2n) is 6.75. The summed E-state index contributed by atoms with van der Waals surface area (Å²) >= 11 is 0. The lowest BCUT2D eigenvalue weighted by atomic mass is 9.97. The lowest BCUT2D eigenvalue weighted by molar-refractivity contribution is 0.0692. The van der Waals surface area contributed by atoms with Gasteiger partial charge in [0.1, 0.15) is 11.6 Å². The lowest BCUT2D eigenvalue weighted by Gasteiger charge is -2.31. The van der Waals surface area contributed by atoms with E-state index in [0.717, 1.165) is 12.8 Å². The summed E-state index contributed by atoms with van der Waals surface area (Å²) in [7, 11) is 1.56.